The predicted octanol–water partition coefficient (Wildman–Crippen LogP) is 5.68. The topological polar surface area (TPSA) is 24.1 Å². The smallest absolute Gasteiger partial charge is 0.199 e. The molecule has 0 saturated carbocycles. The quantitative estimate of drug-likeness (QED) is 0.561. The molecule has 0 spiro atoms. The lowest BCUT2D eigenvalue weighted by Gasteiger charge is -2.45. The Kier molecular flexibility index (Phi) is 8.24. The van der Waals surface area contributed by atoms with Gasteiger partial charge in [-0.2, -0.15) is 0 Å². The fourth-order valence-electron chi connectivity index (χ4n) is 2.10. The molecule has 2 N–H and O–H groups in total. The maximum atomic E-state index is 4.23. The fraction of sp³-hybridized carbons (Fsp3) is 0.889. The van der Waals surface area contributed by atoms with Gasteiger partial charge in [-0.25, -0.2) is 0 Å². The Morgan fingerprint density at radius 2 is 1.17 bits per heavy atom. The summed E-state index contributed by atoms with van der Waals surface area (Å²) in [5.41, 5.74) is 0. The highest BCUT2D eigenvalue weighted by Crippen LogP contribution is 2.36. The summed E-state index contributed by atoms with van der Waals surface area (Å²) in [6, 6.07) is 0. The summed E-state index contributed by atoms with van der Waals surface area (Å²) in [6.45, 7) is 29.0. The van der Waals surface area contributed by atoms with Crippen molar-refractivity contribution in [3.63, 3.8) is 0 Å². The molecule has 0 aromatic carbocycles. The van der Waals surface area contributed by atoms with Gasteiger partial charge in [0, 0.05) is 0 Å². The summed E-state index contributed by atoms with van der Waals surface area (Å²) in [6.07, 6.45) is 4.80. The van der Waals surface area contributed by atoms with Crippen LogP contribution in [0.15, 0.2) is 11.3 Å². The van der Waals surface area contributed by atoms with E-state index in [1.165, 1.54) is 6.42 Å². The zero-order valence-electron chi connectivity index (χ0n) is 18.1. The number of rotatable bonds is 7. The van der Waals surface area contributed by atoms with Crippen LogP contribution in [0.2, 0.25) is 36.3 Å². The molecule has 0 saturated heterocycles. The van der Waals surface area contributed by atoms with Gasteiger partial charge in [-0.1, -0.05) is 92.9 Å². The molecule has 0 amide bonds. The second-order valence-electron chi connectivity index (χ2n) is 10.0. The Balaban J connectivity index is 5.64. The van der Waals surface area contributed by atoms with E-state index in [4.69, 9.17) is 0 Å². The van der Waals surface area contributed by atoms with Gasteiger partial charge in [0.05, 0.1) is 0 Å². The largest absolute Gasteiger partial charge is 0.346 e. The van der Waals surface area contributed by atoms with E-state index >= 15 is 0 Å². The summed E-state index contributed by atoms with van der Waals surface area (Å²) in [7, 11) is -4.34. The van der Waals surface area contributed by atoms with Crippen molar-refractivity contribution in [2.24, 2.45) is 0 Å². The molecular weight excluding hydrogens is 328 g/mol. The average molecular weight is 373 g/mol. The Labute approximate surface area is 150 Å². The van der Waals surface area contributed by atoms with Crippen LogP contribution in [-0.4, -0.2) is 25.6 Å². The van der Waals surface area contributed by atoms with Gasteiger partial charge in [0.2, 0.25) is 0 Å². The molecule has 0 rings (SSSR count). The zero-order chi connectivity index (χ0) is 18.7. The monoisotopic (exact) mass is 372 g/mol. The van der Waals surface area contributed by atoms with Crippen LogP contribution in [0.25, 0.3) is 0 Å². The fourth-order valence-corrected chi connectivity index (χ4v) is 14.6. The molecular formula is C18H44N2Si3. The van der Waals surface area contributed by atoms with E-state index < -0.39 is 25.6 Å². The summed E-state index contributed by atoms with van der Waals surface area (Å²) < 4.78 is 8.46. The van der Waals surface area contributed by atoms with Crippen molar-refractivity contribution < 1.29 is 0 Å². The van der Waals surface area contributed by atoms with Gasteiger partial charge in [-0.05, 0) is 22.9 Å². The first-order valence-electron chi connectivity index (χ1n) is 9.33. The molecule has 0 aliphatic heterocycles. The Morgan fingerprint density at radius 1 is 0.826 bits per heavy atom. The highest BCUT2D eigenvalue weighted by molar-refractivity contribution is 6.93. The highest BCUT2D eigenvalue weighted by atomic mass is 28.4. The van der Waals surface area contributed by atoms with Crippen LogP contribution in [0.3, 0.4) is 0 Å². The van der Waals surface area contributed by atoms with Gasteiger partial charge in [-0.3, -0.25) is 0 Å². The predicted molar refractivity (Wildman–Crippen MR) is 116 cm³/mol. The van der Waals surface area contributed by atoms with Crippen LogP contribution in [0, 0.1) is 0 Å². The third kappa shape index (κ3) is 6.61. The molecule has 0 unspecified atom stereocenters. The molecule has 0 aromatic heterocycles. The second kappa shape index (κ2) is 8.13. The number of nitrogens with one attached hydrogen (secondary N) is 2. The van der Waals surface area contributed by atoms with Crippen LogP contribution >= 0.6 is 0 Å². The first kappa shape index (κ1) is 23.3. The maximum Gasteiger partial charge on any atom is 0.199 e. The van der Waals surface area contributed by atoms with Gasteiger partial charge in [0.15, 0.2) is 9.12 Å². The third-order valence-corrected chi connectivity index (χ3v) is 23.0. The Bertz CT molecular complexity index is 373. The second-order valence-corrected chi connectivity index (χ2v) is 23.4. The van der Waals surface area contributed by atoms with E-state index in [1.54, 1.807) is 5.20 Å². The molecule has 23 heavy (non-hydrogen) atoms. The molecule has 0 atom stereocenters. The number of allylic oxidation sites excluding steroid dienone is 2. The maximum absolute atomic E-state index is 4.23. The van der Waals surface area contributed by atoms with Crippen LogP contribution in [0.5, 0.6) is 0 Å². The Morgan fingerprint density at radius 3 is 1.39 bits per heavy atom. The summed E-state index contributed by atoms with van der Waals surface area (Å²) >= 11 is 0. The minimum Gasteiger partial charge on any atom is -0.346 e. The molecule has 138 valence electrons. The van der Waals surface area contributed by atoms with Crippen molar-refractivity contribution in [1.29, 1.82) is 0 Å². The van der Waals surface area contributed by atoms with Crippen molar-refractivity contribution in [3.05, 3.63) is 11.3 Å². The normalized spacial score (nSPS) is 15.4. The van der Waals surface area contributed by atoms with Gasteiger partial charge >= 0.3 is 0 Å². The molecule has 0 bridgehead atoms. The molecule has 0 aliphatic carbocycles. The van der Waals surface area contributed by atoms with Crippen molar-refractivity contribution in [2.45, 2.75) is 104 Å². The SMILES string of the molecule is CCC=C(CC)[SiH](N[Si](C)(C)C(C)(C)C)N[Si](C)(C)C(C)(C)C. The molecule has 0 aliphatic rings. The molecule has 5 heteroatoms. The van der Waals surface area contributed by atoms with Crippen LogP contribution in [0.4, 0.5) is 0 Å². The summed E-state index contributed by atoms with van der Waals surface area (Å²) in [5.74, 6) is 0. The van der Waals surface area contributed by atoms with E-state index in [0.717, 1.165) is 6.42 Å². The standard InChI is InChI=1S/C18H44N2Si3/c1-13-15-16(14-2)21(19-22(9,10)17(3,4)5)20-23(11,12)18(6,7)8/h15,19-21H,13-14H2,1-12H3. The van der Waals surface area contributed by atoms with Gasteiger partial charge in [0.1, 0.15) is 16.5 Å². The molecule has 0 fully saturated rings. The van der Waals surface area contributed by atoms with E-state index in [9.17, 15) is 0 Å². The lowest BCUT2D eigenvalue weighted by atomic mass is 10.2. The van der Waals surface area contributed by atoms with Crippen molar-refractivity contribution in [2.75, 3.05) is 0 Å². The van der Waals surface area contributed by atoms with E-state index in [-0.39, 0.29) is 0 Å². The molecule has 0 heterocycles. The van der Waals surface area contributed by atoms with Gasteiger partial charge in [-0.15, -0.1) is 0 Å². The minimum absolute atomic E-state index is 0.373. The Hall–Kier alpha value is 0.311. The summed E-state index contributed by atoms with van der Waals surface area (Å²) in [5, 5.41) is 2.42. The van der Waals surface area contributed by atoms with Crippen LogP contribution < -0.4 is 9.30 Å². The van der Waals surface area contributed by atoms with E-state index in [2.05, 4.69) is 96.9 Å². The van der Waals surface area contributed by atoms with Gasteiger partial charge in [0.25, 0.3) is 0 Å². The third-order valence-electron chi connectivity index (χ3n) is 6.01. The van der Waals surface area contributed by atoms with Gasteiger partial charge < -0.3 is 9.30 Å². The van der Waals surface area contributed by atoms with E-state index in [1.807, 2.05) is 0 Å². The zero-order valence-corrected chi connectivity index (χ0v) is 21.2. The lowest BCUT2D eigenvalue weighted by molar-refractivity contribution is 0.703. The van der Waals surface area contributed by atoms with Crippen LogP contribution in [-0.2, 0) is 0 Å². The number of hydrogen-bond acceptors (Lipinski definition) is 2. The molecule has 2 nitrogen and oxygen atoms in total. The van der Waals surface area contributed by atoms with Crippen molar-refractivity contribution >= 4 is 25.6 Å². The van der Waals surface area contributed by atoms with Crippen molar-refractivity contribution in [3.8, 4) is 0 Å². The number of hydrogen-bond donors (Lipinski definition) is 2. The van der Waals surface area contributed by atoms with E-state index in [0.29, 0.717) is 10.1 Å². The summed E-state index contributed by atoms with van der Waals surface area (Å²) in [4.78, 5) is 0. The molecule has 0 radical (unpaired) electrons. The highest BCUT2D eigenvalue weighted by Gasteiger charge is 2.42. The molecule has 0 aromatic rings. The average Bonchev–Trinajstić information content (AvgIpc) is 2.31. The van der Waals surface area contributed by atoms with Crippen molar-refractivity contribution in [1.82, 2.24) is 9.30 Å². The lowest BCUT2D eigenvalue weighted by Crippen LogP contribution is -2.70. The first-order chi connectivity index (χ1) is 10.1. The minimum atomic E-state index is -1.50. The first-order valence-corrected chi connectivity index (χ1v) is 17.1. The van der Waals surface area contributed by atoms with Crippen LogP contribution in [0.1, 0.15) is 68.2 Å².